The van der Waals surface area contributed by atoms with Gasteiger partial charge in [0.15, 0.2) is 11.6 Å². The minimum absolute atomic E-state index is 0.664. The van der Waals surface area contributed by atoms with E-state index in [0.29, 0.717) is 5.82 Å². The van der Waals surface area contributed by atoms with Crippen LogP contribution in [0.3, 0.4) is 0 Å². The number of para-hydroxylation sites is 3. The van der Waals surface area contributed by atoms with Gasteiger partial charge in [-0.3, -0.25) is 4.98 Å². The summed E-state index contributed by atoms with van der Waals surface area (Å²) in [6.07, 6.45) is 1.73. The molecule has 1 N–H and O–H groups in total. The first-order valence-electron chi connectivity index (χ1n) is 9.10. The second kappa shape index (κ2) is 6.42. The second-order valence-electron chi connectivity index (χ2n) is 6.77. The fraction of sp³-hybridized carbons (Fsp3) is 0.0909. The Morgan fingerprint density at radius 3 is 2.43 bits per heavy atom. The van der Waals surface area contributed by atoms with Gasteiger partial charge in [0.25, 0.3) is 0 Å². The minimum atomic E-state index is 0.664. The normalized spacial score (nSPS) is 11.2. The van der Waals surface area contributed by atoms with E-state index < -0.39 is 0 Å². The molecule has 0 saturated carbocycles. The van der Waals surface area contributed by atoms with Crippen LogP contribution in [0.2, 0.25) is 0 Å². The van der Waals surface area contributed by atoms with Crippen LogP contribution in [-0.4, -0.2) is 24.7 Å². The average molecular weight is 366 g/mol. The largest absolute Gasteiger partial charge is 0.323 e. The fourth-order valence-corrected chi connectivity index (χ4v) is 3.35. The lowest BCUT2D eigenvalue weighted by Gasteiger charge is -2.11. The number of pyridine rings is 1. The molecule has 0 aliphatic heterocycles. The summed E-state index contributed by atoms with van der Waals surface area (Å²) in [6.45, 7) is 4.05. The van der Waals surface area contributed by atoms with E-state index in [1.54, 1.807) is 6.20 Å². The zero-order chi connectivity index (χ0) is 19.1. The van der Waals surface area contributed by atoms with Crippen molar-refractivity contribution in [3.05, 3.63) is 78.1 Å². The lowest BCUT2D eigenvalue weighted by molar-refractivity contribution is 0.842. The molecule has 0 aliphatic rings. The molecule has 0 atom stereocenters. The van der Waals surface area contributed by atoms with Gasteiger partial charge in [-0.15, -0.1) is 0 Å². The van der Waals surface area contributed by atoms with E-state index in [9.17, 15) is 0 Å². The van der Waals surface area contributed by atoms with Crippen LogP contribution < -0.4 is 5.32 Å². The maximum Gasteiger partial charge on any atom is 0.156 e. The molecule has 3 heterocycles. The van der Waals surface area contributed by atoms with Crippen LogP contribution in [0, 0.1) is 13.8 Å². The highest BCUT2D eigenvalue weighted by Gasteiger charge is 2.12. The number of rotatable bonds is 3. The van der Waals surface area contributed by atoms with Gasteiger partial charge in [-0.1, -0.05) is 30.3 Å². The molecule has 0 aliphatic carbocycles. The van der Waals surface area contributed by atoms with Crippen LogP contribution in [0.25, 0.3) is 27.8 Å². The van der Waals surface area contributed by atoms with Crippen molar-refractivity contribution in [1.82, 2.24) is 24.7 Å². The number of benzene rings is 2. The molecule has 5 rings (SSSR count). The topological polar surface area (TPSA) is 68.5 Å². The fourth-order valence-electron chi connectivity index (χ4n) is 3.35. The maximum absolute atomic E-state index is 4.80. The van der Waals surface area contributed by atoms with E-state index >= 15 is 0 Å². The summed E-state index contributed by atoms with van der Waals surface area (Å²) in [4.78, 5) is 13.9. The van der Waals surface area contributed by atoms with Gasteiger partial charge in [-0.2, -0.15) is 9.78 Å². The molecular formula is C22H18N6. The second-order valence-corrected chi connectivity index (χ2v) is 6.77. The first-order valence-corrected chi connectivity index (χ1v) is 9.10. The van der Waals surface area contributed by atoms with E-state index in [1.807, 2.05) is 66.2 Å². The van der Waals surface area contributed by atoms with Crippen molar-refractivity contribution in [3.63, 3.8) is 0 Å². The number of fused-ring (bicyclic) bond motifs is 2. The van der Waals surface area contributed by atoms with E-state index in [4.69, 9.17) is 4.98 Å². The number of aromatic nitrogens is 5. The quantitative estimate of drug-likeness (QED) is 0.500. The number of aryl methyl sites for hydroxylation is 2. The monoisotopic (exact) mass is 366 g/mol. The molecule has 6 heteroatoms. The van der Waals surface area contributed by atoms with Gasteiger partial charge in [0.2, 0.25) is 0 Å². The summed E-state index contributed by atoms with van der Waals surface area (Å²) in [5.74, 6) is 2.22. The molecule has 0 bridgehead atoms. The van der Waals surface area contributed by atoms with E-state index in [1.165, 1.54) is 0 Å². The molecule has 0 saturated heterocycles. The summed E-state index contributed by atoms with van der Waals surface area (Å²) in [5, 5.41) is 9.11. The smallest absolute Gasteiger partial charge is 0.156 e. The lowest BCUT2D eigenvalue weighted by atomic mass is 10.1. The van der Waals surface area contributed by atoms with Crippen LogP contribution in [0.1, 0.15) is 11.3 Å². The summed E-state index contributed by atoms with van der Waals surface area (Å²) in [5.41, 5.74) is 4.70. The van der Waals surface area contributed by atoms with Gasteiger partial charge in [-0.05, 0) is 43.7 Å². The highest BCUT2D eigenvalue weighted by atomic mass is 15.4. The average Bonchev–Trinajstić information content (AvgIpc) is 3.08. The summed E-state index contributed by atoms with van der Waals surface area (Å²) in [7, 11) is 0. The van der Waals surface area contributed by atoms with Gasteiger partial charge >= 0.3 is 0 Å². The Hall–Kier alpha value is -3.80. The Bertz CT molecular complexity index is 1320. The van der Waals surface area contributed by atoms with Crippen molar-refractivity contribution in [3.8, 4) is 5.82 Å². The number of nitrogens with zero attached hydrogens (tertiary/aromatic N) is 5. The zero-order valence-electron chi connectivity index (χ0n) is 15.6. The Morgan fingerprint density at radius 2 is 1.57 bits per heavy atom. The molecule has 0 fully saturated rings. The van der Waals surface area contributed by atoms with Crippen molar-refractivity contribution in [2.75, 3.05) is 5.32 Å². The number of nitrogens with one attached hydrogen (secondary N) is 1. The standard InChI is InChI=1S/C22H18N6/c1-14-11-21(25-17-8-4-3-7-16(14)17)28-22(12-15(2)27-28)26-20-13-23-18-9-5-6-10-19(18)24-20/h3-13H,1-2H3,(H,24,26). The van der Waals surface area contributed by atoms with Crippen LogP contribution in [0.15, 0.2) is 66.9 Å². The van der Waals surface area contributed by atoms with Crippen molar-refractivity contribution >= 4 is 33.6 Å². The van der Waals surface area contributed by atoms with Crippen LogP contribution in [-0.2, 0) is 0 Å². The molecule has 0 radical (unpaired) electrons. The third-order valence-corrected chi connectivity index (χ3v) is 4.66. The molecular weight excluding hydrogens is 348 g/mol. The van der Waals surface area contributed by atoms with Crippen molar-refractivity contribution < 1.29 is 0 Å². The first kappa shape index (κ1) is 16.4. The minimum Gasteiger partial charge on any atom is -0.323 e. The predicted molar refractivity (Wildman–Crippen MR) is 111 cm³/mol. The lowest BCUT2D eigenvalue weighted by Crippen LogP contribution is -2.06. The Kier molecular flexibility index (Phi) is 3.76. The van der Waals surface area contributed by atoms with E-state index in [-0.39, 0.29) is 0 Å². The molecule has 0 spiro atoms. The Balaban J connectivity index is 1.59. The van der Waals surface area contributed by atoms with E-state index in [2.05, 4.69) is 33.4 Å². The molecule has 5 aromatic rings. The summed E-state index contributed by atoms with van der Waals surface area (Å²) in [6, 6.07) is 20.0. The highest BCUT2D eigenvalue weighted by Crippen LogP contribution is 2.24. The zero-order valence-corrected chi connectivity index (χ0v) is 15.6. The van der Waals surface area contributed by atoms with Gasteiger partial charge in [-0.25, -0.2) is 9.97 Å². The molecule has 136 valence electrons. The third-order valence-electron chi connectivity index (χ3n) is 4.66. The van der Waals surface area contributed by atoms with Crippen LogP contribution in [0.4, 0.5) is 11.6 Å². The first-order chi connectivity index (χ1) is 13.7. The van der Waals surface area contributed by atoms with Gasteiger partial charge in [0.1, 0.15) is 5.82 Å². The number of anilines is 2. The molecule has 0 amide bonds. The maximum atomic E-state index is 4.80. The SMILES string of the molecule is Cc1cc(Nc2cnc3ccccc3n2)n(-c2cc(C)c3ccccc3n2)n1. The van der Waals surface area contributed by atoms with Crippen LogP contribution >= 0.6 is 0 Å². The third kappa shape index (κ3) is 2.85. The van der Waals surface area contributed by atoms with Gasteiger partial charge in [0, 0.05) is 11.5 Å². The van der Waals surface area contributed by atoms with Crippen molar-refractivity contribution in [1.29, 1.82) is 0 Å². The molecule has 28 heavy (non-hydrogen) atoms. The predicted octanol–water partition coefficient (Wildman–Crippen LogP) is 4.72. The Labute approximate surface area is 161 Å². The van der Waals surface area contributed by atoms with Gasteiger partial charge in [0.05, 0.1) is 28.4 Å². The van der Waals surface area contributed by atoms with Crippen LogP contribution in [0.5, 0.6) is 0 Å². The molecule has 0 unspecified atom stereocenters. The summed E-state index contributed by atoms with van der Waals surface area (Å²) >= 11 is 0. The van der Waals surface area contributed by atoms with Crippen molar-refractivity contribution in [2.45, 2.75) is 13.8 Å². The summed E-state index contributed by atoms with van der Waals surface area (Å²) < 4.78 is 1.81. The number of hydrogen-bond donors (Lipinski definition) is 1. The van der Waals surface area contributed by atoms with E-state index in [0.717, 1.165) is 44.8 Å². The molecule has 2 aromatic carbocycles. The molecule has 3 aromatic heterocycles. The highest BCUT2D eigenvalue weighted by molar-refractivity contribution is 5.83. The number of hydrogen-bond acceptors (Lipinski definition) is 5. The van der Waals surface area contributed by atoms with Gasteiger partial charge < -0.3 is 5.32 Å². The Morgan fingerprint density at radius 1 is 0.821 bits per heavy atom. The molecule has 6 nitrogen and oxygen atoms in total. The van der Waals surface area contributed by atoms with Crippen molar-refractivity contribution in [2.24, 2.45) is 0 Å².